The van der Waals surface area contributed by atoms with Crippen molar-refractivity contribution in [2.45, 2.75) is 18.2 Å². The molecule has 1 aliphatic rings. The highest BCUT2D eigenvalue weighted by Gasteiger charge is 2.35. The first-order valence-electron chi connectivity index (χ1n) is 6.68. The van der Waals surface area contributed by atoms with E-state index in [1.165, 1.54) is 24.3 Å². The molecular weight excluding hydrogens is 304 g/mol. The molecule has 2 aromatic carbocycles. The Bertz CT molecular complexity index is 926. The summed E-state index contributed by atoms with van der Waals surface area (Å²) in [6.45, 7) is 1.71. The monoisotopic (exact) mass is 316 g/mol. The van der Waals surface area contributed by atoms with E-state index in [1.54, 1.807) is 19.1 Å². The molecule has 5 nitrogen and oxygen atoms in total. The van der Waals surface area contributed by atoms with Crippen LogP contribution >= 0.6 is 0 Å². The predicted octanol–water partition coefficient (Wildman–Crippen LogP) is 2.27. The van der Waals surface area contributed by atoms with Crippen molar-refractivity contribution in [3.05, 3.63) is 64.2 Å². The van der Waals surface area contributed by atoms with Gasteiger partial charge in [0.05, 0.1) is 5.56 Å². The quantitative estimate of drug-likeness (QED) is 0.733. The molecule has 2 aromatic rings. The molecule has 0 aromatic heterocycles. The molecule has 6 heteroatoms. The highest BCUT2D eigenvalue weighted by molar-refractivity contribution is 7.86. The van der Waals surface area contributed by atoms with Crippen molar-refractivity contribution in [2.75, 3.05) is 0 Å². The van der Waals surface area contributed by atoms with Crippen LogP contribution in [0.4, 0.5) is 0 Å². The van der Waals surface area contributed by atoms with Crippen LogP contribution in [0.15, 0.2) is 41.3 Å². The Morgan fingerprint density at radius 3 is 2.05 bits per heavy atom. The van der Waals surface area contributed by atoms with Gasteiger partial charge in [-0.25, -0.2) is 0 Å². The Labute approximate surface area is 127 Å². The molecule has 0 atom stereocenters. The number of aryl methyl sites for hydroxylation is 1. The minimum Gasteiger partial charge on any atom is -0.289 e. The molecule has 0 bridgehead atoms. The van der Waals surface area contributed by atoms with Crippen LogP contribution < -0.4 is 0 Å². The lowest BCUT2D eigenvalue weighted by Crippen LogP contribution is -2.24. The Morgan fingerprint density at radius 1 is 0.909 bits per heavy atom. The second kappa shape index (κ2) is 4.86. The van der Waals surface area contributed by atoms with Crippen molar-refractivity contribution < 1.29 is 22.6 Å². The highest BCUT2D eigenvalue weighted by Crippen LogP contribution is 2.33. The van der Waals surface area contributed by atoms with Gasteiger partial charge >= 0.3 is 0 Å². The van der Waals surface area contributed by atoms with E-state index < -0.39 is 26.6 Å². The number of fused-ring (bicyclic) bond motifs is 2. The van der Waals surface area contributed by atoms with Gasteiger partial charge in [0.25, 0.3) is 10.1 Å². The molecule has 0 saturated carbocycles. The SMILES string of the molecule is CCc1ccc2c(c1S(=O)(=O)O)C(=O)c1ccccc1C2=O. The molecule has 0 unspecified atom stereocenters. The molecule has 0 heterocycles. The van der Waals surface area contributed by atoms with Crippen molar-refractivity contribution in [1.82, 2.24) is 0 Å². The van der Waals surface area contributed by atoms with Crippen LogP contribution in [0, 0.1) is 0 Å². The number of benzene rings is 2. The molecule has 0 saturated heterocycles. The van der Waals surface area contributed by atoms with Gasteiger partial charge < -0.3 is 0 Å². The Balaban J connectivity index is 2.44. The molecule has 1 N–H and O–H groups in total. The van der Waals surface area contributed by atoms with E-state index in [0.717, 1.165) is 0 Å². The molecule has 3 rings (SSSR count). The summed E-state index contributed by atoms with van der Waals surface area (Å²) in [4.78, 5) is 24.7. The summed E-state index contributed by atoms with van der Waals surface area (Å²) in [7, 11) is -4.62. The van der Waals surface area contributed by atoms with E-state index in [9.17, 15) is 22.6 Å². The van der Waals surface area contributed by atoms with E-state index >= 15 is 0 Å². The average Bonchev–Trinajstić information content (AvgIpc) is 2.50. The van der Waals surface area contributed by atoms with Gasteiger partial charge in [-0.05, 0) is 18.1 Å². The summed E-state index contributed by atoms with van der Waals surface area (Å²) in [6.07, 6.45) is 0.311. The third kappa shape index (κ3) is 2.00. The minimum atomic E-state index is -4.62. The molecule has 0 amide bonds. The van der Waals surface area contributed by atoms with Gasteiger partial charge in [0.15, 0.2) is 11.6 Å². The van der Waals surface area contributed by atoms with Crippen LogP contribution in [0.2, 0.25) is 0 Å². The number of carbonyl (C=O) groups is 2. The molecule has 22 heavy (non-hydrogen) atoms. The number of hydrogen-bond acceptors (Lipinski definition) is 4. The zero-order valence-corrected chi connectivity index (χ0v) is 12.5. The predicted molar refractivity (Wildman–Crippen MR) is 78.9 cm³/mol. The van der Waals surface area contributed by atoms with Crippen LogP contribution in [0.1, 0.15) is 44.3 Å². The topological polar surface area (TPSA) is 88.5 Å². The van der Waals surface area contributed by atoms with Crippen molar-refractivity contribution in [1.29, 1.82) is 0 Å². The van der Waals surface area contributed by atoms with Crippen LogP contribution in [0.25, 0.3) is 0 Å². The molecule has 1 aliphatic carbocycles. The van der Waals surface area contributed by atoms with Crippen LogP contribution in [0.3, 0.4) is 0 Å². The van der Waals surface area contributed by atoms with E-state index in [1.807, 2.05) is 0 Å². The van der Waals surface area contributed by atoms with Gasteiger partial charge in [0, 0.05) is 16.7 Å². The Kier molecular flexibility index (Phi) is 3.23. The minimum absolute atomic E-state index is 0.00789. The standard InChI is InChI=1S/C16H12O5S/c1-2-9-7-8-12-13(16(9)22(19,20)21)15(18)11-6-4-3-5-10(11)14(12)17/h3-8H,2H2,1H3,(H,19,20,21). The van der Waals surface area contributed by atoms with Gasteiger partial charge in [0.2, 0.25) is 0 Å². The number of ketones is 2. The van der Waals surface area contributed by atoms with Crippen molar-refractivity contribution in [2.24, 2.45) is 0 Å². The number of carbonyl (C=O) groups excluding carboxylic acids is 2. The highest BCUT2D eigenvalue weighted by atomic mass is 32.2. The van der Waals surface area contributed by atoms with E-state index in [-0.39, 0.29) is 22.3 Å². The maximum absolute atomic E-state index is 12.7. The van der Waals surface area contributed by atoms with Gasteiger partial charge in [-0.2, -0.15) is 8.42 Å². The summed E-state index contributed by atoms with van der Waals surface area (Å²) in [5.41, 5.74) is 0.476. The first kappa shape index (κ1) is 14.6. The second-order valence-corrected chi connectivity index (χ2v) is 6.37. The number of rotatable bonds is 2. The third-order valence-corrected chi connectivity index (χ3v) is 4.75. The van der Waals surface area contributed by atoms with E-state index in [2.05, 4.69) is 0 Å². The smallest absolute Gasteiger partial charge is 0.289 e. The lowest BCUT2D eigenvalue weighted by molar-refractivity contribution is 0.0976. The molecular formula is C16H12O5S. The van der Waals surface area contributed by atoms with E-state index in [0.29, 0.717) is 12.0 Å². The zero-order chi connectivity index (χ0) is 16.1. The van der Waals surface area contributed by atoms with Crippen molar-refractivity contribution in [3.8, 4) is 0 Å². The van der Waals surface area contributed by atoms with Crippen LogP contribution in [-0.4, -0.2) is 24.5 Å². The summed E-state index contributed by atoms with van der Waals surface area (Å²) in [5.74, 6) is -0.981. The fourth-order valence-electron chi connectivity index (χ4n) is 2.77. The van der Waals surface area contributed by atoms with Crippen LogP contribution in [0.5, 0.6) is 0 Å². The fraction of sp³-hybridized carbons (Fsp3) is 0.125. The molecule has 112 valence electrons. The summed E-state index contributed by atoms with van der Waals surface area (Å²) in [5, 5.41) is 0. The summed E-state index contributed by atoms with van der Waals surface area (Å²) < 4.78 is 33.0. The fourth-order valence-corrected chi connectivity index (χ4v) is 3.78. The lowest BCUT2D eigenvalue weighted by Gasteiger charge is -2.20. The Morgan fingerprint density at radius 2 is 1.50 bits per heavy atom. The number of hydrogen-bond donors (Lipinski definition) is 1. The third-order valence-electron chi connectivity index (χ3n) is 3.77. The molecule has 0 aliphatic heterocycles. The average molecular weight is 316 g/mol. The van der Waals surface area contributed by atoms with Gasteiger partial charge in [-0.3, -0.25) is 14.1 Å². The second-order valence-electron chi connectivity index (χ2n) is 5.01. The first-order valence-corrected chi connectivity index (χ1v) is 8.12. The van der Waals surface area contributed by atoms with Gasteiger partial charge in [-0.1, -0.05) is 37.3 Å². The van der Waals surface area contributed by atoms with Crippen molar-refractivity contribution in [3.63, 3.8) is 0 Å². The normalized spacial score (nSPS) is 13.7. The van der Waals surface area contributed by atoms with Gasteiger partial charge in [-0.15, -0.1) is 0 Å². The summed E-state index contributed by atoms with van der Waals surface area (Å²) in [6, 6.07) is 9.15. The molecule has 0 fully saturated rings. The van der Waals surface area contributed by atoms with Crippen LogP contribution in [-0.2, 0) is 16.5 Å². The first-order chi connectivity index (χ1) is 10.4. The molecule has 0 radical (unpaired) electrons. The zero-order valence-electron chi connectivity index (χ0n) is 11.7. The van der Waals surface area contributed by atoms with Crippen molar-refractivity contribution >= 4 is 21.7 Å². The Hall–Kier alpha value is -2.31. The summed E-state index contributed by atoms with van der Waals surface area (Å²) >= 11 is 0. The van der Waals surface area contributed by atoms with Gasteiger partial charge in [0.1, 0.15) is 4.90 Å². The molecule has 0 spiro atoms. The van der Waals surface area contributed by atoms with E-state index in [4.69, 9.17) is 0 Å². The largest absolute Gasteiger partial charge is 0.295 e. The maximum Gasteiger partial charge on any atom is 0.295 e. The lowest BCUT2D eigenvalue weighted by atomic mass is 9.83. The maximum atomic E-state index is 12.7.